The smallest absolute Gasteiger partial charge is 0.246 e. The molecule has 0 aliphatic carbocycles. The maximum absolute atomic E-state index is 13.0. The number of hydrogen-bond donors (Lipinski definition) is 0. The number of hydrogen-bond acceptors (Lipinski definition) is 4. The van der Waals surface area contributed by atoms with Crippen molar-refractivity contribution < 1.29 is 17.9 Å². The van der Waals surface area contributed by atoms with Gasteiger partial charge in [-0.05, 0) is 44.4 Å². The number of sulfonamides is 1. The molecule has 3 rings (SSSR count). The van der Waals surface area contributed by atoms with E-state index in [4.69, 9.17) is 9.47 Å². The van der Waals surface area contributed by atoms with Gasteiger partial charge in [-0.1, -0.05) is 6.07 Å². The second kappa shape index (κ2) is 5.83. The predicted octanol–water partition coefficient (Wildman–Crippen LogP) is 2.19. The molecule has 2 aliphatic heterocycles. The summed E-state index contributed by atoms with van der Waals surface area (Å²) in [5.74, 6) is 0.716. The summed E-state index contributed by atoms with van der Waals surface area (Å²) >= 11 is 0. The van der Waals surface area contributed by atoms with Gasteiger partial charge in [0.05, 0.1) is 19.3 Å². The first-order valence-corrected chi connectivity index (χ1v) is 9.16. The molecule has 1 aromatic carbocycles. The van der Waals surface area contributed by atoms with Crippen molar-refractivity contribution in [1.29, 1.82) is 0 Å². The molecule has 1 aromatic rings. The van der Waals surface area contributed by atoms with Crippen LogP contribution in [0.4, 0.5) is 0 Å². The molecule has 0 unspecified atom stereocenters. The fourth-order valence-corrected chi connectivity index (χ4v) is 5.16. The summed E-state index contributed by atoms with van der Waals surface area (Å²) in [6.07, 6.45) is 2.14. The summed E-state index contributed by atoms with van der Waals surface area (Å²) < 4.78 is 38.6. The number of aryl methyl sites for hydroxylation is 1. The number of fused-ring (bicyclic) bond motifs is 1. The van der Waals surface area contributed by atoms with Crippen molar-refractivity contribution >= 4 is 10.0 Å². The molecule has 2 fully saturated rings. The van der Waals surface area contributed by atoms with Gasteiger partial charge in [0.15, 0.2) is 0 Å². The quantitative estimate of drug-likeness (QED) is 0.855. The highest BCUT2D eigenvalue weighted by molar-refractivity contribution is 7.89. The monoisotopic (exact) mass is 325 g/mol. The summed E-state index contributed by atoms with van der Waals surface area (Å²) in [6, 6.07) is 5.21. The van der Waals surface area contributed by atoms with Gasteiger partial charge in [-0.2, -0.15) is 4.31 Å². The van der Waals surface area contributed by atoms with Gasteiger partial charge < -0.3 is 9.47 Å². The number of ether oxygens (including phenoxy) is 2. The van der Waals surface area contributed by atoms with Crippen LogP contribution >= 0.6 is 0 Å². The molecule has 3 atom stereocenters. The number of methoxy groups -OCH3 is 1. The molecule has 0 radical (unpaired) electrons. The van der Waals surface area contributed by atoms with Gasteiger partial charge in [0.1, 0.15) is 10.6 Å². The largest absolute Gasteiger partial charge is 0.495 e. The minimum atomic E-state index is -3.52. The van der Waals surface area contributed by atoms with E-state index < -0.39 is 10.0 Å². The molecule has 0 spiro atoms. The summed E-state index contributed by atoms with van der Waals surface area (Å²) in [4.78, 5) is 0.256. The minimum absolute atomic E-state index is 0.210. The van der Waals surface area contributed by atoms with E-state index >= 15 is 0 Å². The normalized spacial score (nSPS) is 29.3. The molecule has 0 bridgehead atoms. The van der Waals surface area contributed by atoms with Crippen LogP contribution in [0.3, 0.4) is 0 Å². The standard InChI is InChI=1S/C16H23NO4S/c1-11-4-5-16(15(8-11)20-3)22(18,19)17-7-6-14-13(10-17)9-12(2)21-14/h4-5,8,12-14H,6-7,9-10H2,1-3H3/t12-,13-,14+/m0/s1. The Balaban J connectivity index is 1.87. The third-order valence-corrected chi connectivity index (χ3v) is 6.51. The molecule has 2 heterocycles. The number of benzene rings is 1. The topological polar surface area (TPSA) is 55.8 Å². The van der Waals surface area contributed by atoms with Crippen molar-refractivity contribution in [1.82, 2.24) is 4.31 Å². The molecule has 0 amide bonds. The van der Waals surface area contributed by atoms with Crippen molar-refractivity contribution in [3.63, 3.8) is 0 Å². The predicted molar refractivity (Wildman–Crippen MR) is 83.5 cm³/mol. The molecule has 0 saturated carbocycles. The molecule has 22 heavy (non-hydrogen) atoms. The second-order valence-corrected chi connectivity index (χ2v) is 8.19. The van der Waals surface area contributed by atoms with Crippen LogP contribution in [0.1, 0.15) is 25.3 Å². The molecule has 2 aliphatic rings. The van der Waals surface area contributed by atoms with Crippen LogP contribution in [-0.2, 0) is 14.8 Å². The molecule has 5 nitrogen and oxygen atoms in total. The Labute approximate surface area is 132 Å². The Morgan fingerprint density at radius 3 is 2.86 bits per heavy atom. The summed E-state index contributed by atoms with van der Waals surface area (Å²) in [5, 5.41) is 0. The van der Waals surface area contributed by atoms with Crippen LogP contribution < -0.4 is 4.74 Å². The fourth-order valence-electron chi connectivity index (χ4n) is 3.51. The highest BCUT2D eigenvalue weighted by Crippen LogP contribution is 2.36. The van der Waals surface area contributed by atoms with Crippen molar-refractivity contribution in [2.45, 2.75) is 43.8 Å². The SMILES string of the molecule is COc1cc(C)ccc1S(=O)(=O)N1CC[C@H]2O[C@@H](C)C[C@H]2C1. The van der Waals surface area contributed by atoms with Gasteiger partial charge in [-0.25, -0.2) is 8.42 Å². The van der Waals surface area contributed by atoms with Gasteiger partial charge in [0.25, 0.3) is 0 Å². The van der Waals surface area contributed by atoms with Crippen LogP contribution in [0.15, 0.2) is 23.1 Å². The average Bonchev–Trinajstić information content (AvgIpc) is 2.85. The number of nitrogens with zero attached hydrogens (tertiary/aromatic N) is 1. The van der Waals surface area contributed by atoms with E-state index in [9.17, 15) is 8.42 Å². The maximum atomic E-state index is 13.0. The zero-order valence-electron chi connectivity index (χ0n) is 13.3. The fraction of sp³-hybridized carbons (Fsp3) is 0.625. The summed E-state index contributed by atoms with van der Waals surface area (Å²) in [6.45, 7) is 5.02. The first kappa shape index (κ1) is 15.8. The lowest BCUT2D eigenvalue weighted by Crippen LogP contribution is -2.44. The van der Waals surface area contributed by atoms with Gasteiger partial charge in [-0.15, -0.1) is 0 Å². The first-order valence-electron chi connectivity index (χ1n) is 7.72. The number of rotatable bonds is 3. The van der Waals surface area contributed by atoms with Gasteiger partial charge in [0, 0.05) is 19.0 Å². The van der Waals surface area contributed by atoms with Gasteiger partial charge >= 0.3 is 0 Å². The van der Waals surface area contributed by atoms with Crippen LogP contribution in [0.25, 0.3) is 0 Å². The van der Waals surface area contributed by atoms with Crippen LogP contribution in [0.5, 0.6) is 5.75 Å². The van der Waals surface area contributed by atoms with Crippen molar-refractivity contribution in [2.75, 3.05) is 20.2 Å². The maximum Gasteiger partial charge on any atom is 0.246 e. The molecule has 122 valence electrons. The number of piperidine rings is 1. The van der Waals surface area contributed by atoms with E-state index in [1.807, 2.05) is 13.0 Å². The highest BCUT2D eigenvalue weighted by Gasteiger charge is 2.41. The lowest BCUT2D eigenvalue weighted by Gasteiger charge is -2.33. The van der Waals surface area contributed by atoms with E-state index in [1.54, 1.807) is 16.4 Å². The zero-order chi connectivity index (χ0) is 15.9. The lowest BCUT2D eigenvalue weighted by molar-refractivity contribution is 0.0206. The van der Waals surface area contributed by atoms with Crippen molar-refractivity contribution in [3.05, 3.63) is 23.8 Å². The second-order valence-electron chi connectivity index (χ2n) is 6.29. The molecule has 2 saturated heterocycles. The van der Waals surface area contributed by atoms with E-state index in [0.717, 1.165) is 18.4 Å². The van der Waals surface area contributed by atoms with Crippen molar-refractivity contribution in [3.8, 4) is 5.75 Å². The van der Waals surface area contributed by atoms with E-state index in [0.29, 0.717) is 24.8 Å². The Kier molecular flexibility index (Phi) is 4.18. The molecular formula is C16H23NO4S. The third kappa shape index (κ3) is 2.75. The van der Waals surface area contributed by atoms with Gasteiger partial charge in [-0.3, -0.25) is 0 Å². The van der Waals surface area contributed by atoms with E-state index in [-0.39, 0.29) is 17.1 Å². The molecule has 0 aromatic heterocycles. The molecule has 6 heteroatoms. The zero-order valence-corrected chi connectivity index (χ0v) is 14.1. The average molecular weight is 325 g/mol. The molecule has 0 N–H and O–H groups in total. The third-order valence-electron chi connectivity index (χ3n) is 4.61. The Morgan fingerprint density at radius 1 is 1.36 bits per heavy atom. The van der Waals surface area contributed by atoms with E-state index in [2.05, 4.69) is 6.92 Å². The Bertz CT molecular complexity index is 658. The van der Waals surface area contributed by atoms with E-state index in [1.165, 1.54) is 7.11 Å². The minimum Gasteiger partial charge on any atom is -0.495 e. The van der Waals surface area contributed by atoms with Crippen LogP contribution in [0.2, 0.25) is 0 Å². The van der Waals surface area contributed by atoms with Crippen LogP contribution in [-0.4, -0.2) is 45.1 Å². The van der Waals surface area contributed by atoms with Crippen LogP contribution in [0, 0.1) is 12.8 Å². The van der Waals surface area contributed by atoms with Gasteiger partial charge in [0.2, 0.25) is 10.0 Å². The van der Waals surface area contributed by atoms with Crippen molar-refractivity contribution in [2.24, 2.45) is 5.92 Å². The summed E-state index contributed by atoms with van der Waals surface area (Å²) in [7, 11) is -2.02. The lowest BCUT2D eigenvalue weighted by atomic mass is 9.94. The highest BCUT2D eigenvalue weighted by atomic mass is 32.2. The Morgan fingerprint density at radius 2 is 2.14 bits per heavy atom. The first-order chi connectivity index (χ1) is 10.4. The molecular weight excluding hydrogens is 302 g/mol. The Hall–Kier alpha value is -1.11. The summed E-state index contributed by atoms with van der Waals surface area (Å²) in [5.41, 5.74) is 0.979.